The van der Waals surface area contributed by atoms with Crippen molar-refractivity contribution in [3.8, 4) is 5.75 Å². The molecule has 0 unspecified atom stereocenters. The summed E-state index contributed by atoms with van der Waals surface area (Å²) in [6.45, 7) is 9.81. The molecule has 5 rings (SSSR count). The molecule has 3 aromatic rings. The normalized spacial score (nSPS) is 17.9. The van der Waals surface area contributed by atoms with Crippen LogP contribution >= 0.6 is 0 Å². The first-order valence-corrected chi connectivity index (χ1v) is 12.2. The second kappa shape index (κ2) is 10.1. The molecule has 0 spiro atoms. The number of amides is 1. The summed E-state index contributed by atoms with van der Waals surface area (Å²) >= 11 is 0. The molecule has 6 nitrogen and oxygen atoms in total. The molecule has 0 aliphatic carbocycles. The fourth-order valence-corrected chi connectivity index (χ4v) is 5.03. The number of phenols is 1. The first-order chi connectivity index (χ1) is 16.6. The van der Waals surface area contributed by atoms with Gasteiger partial charge in [-0.15, -0.1) is 0 Å². The van der Waals surface area contributed by atoms with Crippen LogP contribution in [-0.4, -0.2) is 78.2 Å². The molecule has 0 saturated carbocycles. The van der Waals surface area contributed by atoms with E-state index in [1.54, 1.807) is 4.90 Å². The lowest BCUT2D eigenvalue weighted by molar-refractivity contribution is 0.0301. The van der Waals surface area contributed by atoms with E-state index in [4.69, 9.17) is 4.74 Å². The first-order valence-electron chi connectivity index (χ1n) is 12.2. The van der Waals surface area contributed by atoms with Crippen molar-refractivity contribution in [2.75, 3.05) is 52.5 Å². The molecule has 0 radical (unpaired) electrons. The fraction of sp³-hybridized carbons (Fsp3) is 0.393. The largest absolute Gasteiger partial charge is 0.507 e. The van der Waals surface area contributed by atoms with Crippen LogP contribution in [0.25, 0.3) is 10.8 Å². The number of aryl methyl sites for hydroxylation is 1. The molecule has 2 aliphatic rings. The number of carbonyl (C=O) groups excluding carboxylic acids is 1. The molecule has 0 bridgehead atoms. The van der Waals surface area contributed by atoms with Crippen LogP contribution in [0.1, 0.15) is 27.0 Å². The van der Waals surface area contributed by atoms with Gasteiger partial charge in [0.25, 0.3) is 5.91 Å². The summed E-state index contributed by atoms with van der Waals surface area (Å²) in [6.07, 6.45) is 0. The standard InChI is InChI=1S/C28H33N3O3/c1-21-6-2-3-8-23(21)19-29-10-12-30(13-11-29)20-26-24-9-5-4-7-22(24)18-25(27(26)32)28(33)31-14-16-34-17-15-31/h2-9,18,32H,10-17,19-20H2,1H3. The van der Waals surface area contributed by atoms with Crippen molar-refractivity contribution >= 4 is 16.7 Å². The Labute approximate surface area is 201 Å². The highest BCUT2D eigenvalue weighted by Gasteiger charge is 2.26. The van der Waals surface area contributed by atoms with Gasteiger partial charge in [-0.3, -0.25) is 14.6 Å². The average Bonchev–Trinajstić information content (AvgIpc) is 2.88. The second-order valence-corrected chi connectivity index (χ2v) is 9.36. The Bertz CT molecular complexity index is 1160. The minimum Gasteiger partial charge on any atom is -0.507 e. The van der Waals surface area contributed by atoms with Crippen LogP contribution < -0.4 is 0 Å². The number of rotatable bonds is 5. The number of phenolic OH excluding ortho intramolecular Hbond substituents is 1. The lowest BCUT2D eigenvalue weighted by Gasteiger charge is -2.35. The third-order valence-electron chi connectivity index (χ3n) is 7.16. The van der Waals surface area contributed by atoms with Gasteiger partial charge in [0.15, 0.2) is 0 Å². The maximum atomic E-state index is 13.2. The van der Waals surface area contributed by atoms with Gasteiger partial charge >= 0.3 is 0 Å². The summed E-state index contributed by atoms with van der Waals surface area (Å²) in [6, 6.07) is 18.5. The first kappa shape index (κ1) is 22.8. The summed E-state index contributed by atoms with van der Waals surface area (Å²) in [5.74, 6) is 0.00776. The molecule has 1 N–H and O–H groups in total. The molecule has 2 fully saturated rings. The Morgan fingerprint density at radius 1 is 0.882 bits per heavy atom. The highest BCUT2D eigenvalue weighted by Crippen LogP contribution is 2.33. The third kappa shape index (κ3) is 4.80. The van der Waals surface area contributed by atoms with Crippen molar-refractivity contribution < 1.29 is 14.6 Å². The summed E-state index contributed by atoms with van der Waals surface area (Å²) in [5, 5.41) is 13.3. The molecule has 2 heterocycles. The predicted octanol–water partition coefficient (Wildman–Crippen LogP) is 3.64. The van der Waals surface area contributed by atoms with E-state index in [1.165, 1.54) is 11.1 Å². The smallest absolute Gasteiger partial charge is 0.257 e. The van der Waals surface area contributed by atoms with Crippen molar-refractivity contribution in [1.82, 2.24) is 14.7 Å². The number of aromatic hydroxyl groups is 1. The van der Waals surface area contributed by atoms with Gasteiger partial charge in [0.1, 0.15) is 5.75 Å². The van der Waals surface area contributed by atoms with Crippen LogP contribution in [0.15, 0.2) is 54.6 Å². The molecule has 6 heteroatoms. The minimum absolute atomic E-state index is 0.115. The van der Waals surface area contributed by atoms with Gasteiger partial charge in [0, 0.05) is 57.9 Å². The number of hydrogen-bond acceptors (Lipinski definition) is 5. The Kier molecular flexibility index (Phi) is 6.81. The predicted molar refractivity (Wildman–Crippen MR) is 134 cm³/mol. The van der Waals surface area contributed by atoms with E-state index >= 15 is 0 Å². The van der Waals surface area contributed by atoms with Crippen LogP contribution in [0.4, 0.5) is 0 Å². The van der Waals surface area contributed by atoms with Crippen LogP contribution in [0.5, 0.6) is 5.75 Å². The Balaban J connectivity index is 1.34. The summed E-state index contributed by atoms with van der Waals surface area (Å²) < 4.78 is 5.40. The molecular formula is C28H33N3O3. The van der Waals surface area contributed by atoms with Crippen molar-refractivity contribution in [3.63, 3.8) is 0 Å². The van der Waals surface area contributed by atoms with Crippen LogP contribution in [-0.2, 0) is 17.8 Å². The lowest BCUT2D eigenvalue weighted by Crippen LogP contribution is -2.45. The van der Waals surface area contributed by atoms with Crippen LogP contribution in [0.3, 0.4) is 0 Å². The van der Waals surface area contributed by atoms with Gasteiger partial charge in [-0.2, -0.15) is 0 Å². The molecule has 2 saturated heterocycles. The summed E-state index contributed by atoms with van der Waals surface area (Å²) in [4.78, 5) is 19.9. The van der Waals surface area contributed by atoms with Gasteiger partial charge in [-0.25, -0.2) is 0 Å². The van der Waals surface area contributed by atoms with E-state index in [1.807, 2.05) is 30.3 Å². The maximum Gasteiger partial charge on any atom is 0.257 e. The fourth-order valence-electron chi connectivity index (χ4n) is 5.03. The van der Waals surface area contributed by atoms with E-state index in [0.717, 1.165) is 49.1 Å². The molecule has 0 aromatic heterocycles. The number of carbonyl (C=O) groups is 1. The third-order valence-corrected chi connectivity index (χ3v) is 7.16. The minimum atomic E-state index is -0.115. The van der Waals surface area contributed by atoms with Crippen molar-refractivity contribution in [3.05, 3.63) is 76.9 Å². The van der Waals surface area contributed by atoms with Gasteiger partial charge in [-0.05, 0) is 34.9 Å². The highest BCUT2D eigenvalue weighted by molar-refractivity contribution is 6.03. The number of ether oxygens (including phenoxy) is 1. The highest BCUT2D eigenvalue weighted by atomic mass is 16.5. The van der Waals surface area contributed by atoms with Gasteiger partial charge in [-0.1, -0.05) is 48.5 Å². The van der Waals surface area contributed by atoms with Crippen molar-refractivity contribution in [1.29, 1.82) is 0 Å². The second-order valence-electron chi connectivity index (χ2n) is 9.36. The van der Waals surface area contributed by atoms with Crippen molar-refractivity contribution in [2.24, 2.45) is 0 Å². The molecule has 1 amide bonds. The summed E-state index contributed by atoms with van der Waals surface area (Å²) in [7, 11) is 0. The Morgan fingerprint density at radius 2 is 1.53 bits per heavy atom. The Hall–Kier alpha value is -2.93. The van der Waals surface area contributed by atoms with E-state index < -0.39 is 0 Å². The number of morpholine rings is 1. The summed E-state index contributed by atoms with van der Waals surface area (Å²) in [5.41, 5.74) is 3.97. The monoisotopic (exact) mass is 459 g/mol. The molecular weight excluding hydrogens is 426 g/mol. The van der Waals surface area contributed by atoms with Gasteiger partial charge in [0.05, 0.1) is 18.8 Å². The molecule has 178 valence electrons. The van der Waals surface area contributed by atoms with Gasteiger partial charge < -0.3 is 14.7 Å². The van der Waals surface area contributed by atoms with E-state index in [-0.39, 0.29) is 11.7 Å². The van der Waals surface area contributed by atoms with E-state index in [9.17, 15) is 9.90 Å². The molecule has 34 heavy (non-hydrogen) atoms. The maximum absolute atomic E-state index is 13.2. The number of fused-ring (bicyclic) bond motifs is 1. The quantitative estimate of drug-likeness (QED) is 0.631. The van der Waals surface area contributed by atoms with E-state index in [0.29, 0.717) is 38.4 Å². The van der Waals surface area contributed by atoms with Crippen LogP contribution in [0, 0.1) is 6.92 Å². The molecule has 2 aliphatic heterocycles. The molecule has 0 atom stereocenters. The SMILES string of the molecule is Cc1ccccc1CN1CCN(Cc2c(O)c(C(=O)N3CCOCC3)cc3ccccc23)CC1. The zero-order valence-corrected chi connectivity index (χ0v) is 19.9. The Morgan fingerprint density at radius 3 is 2.26 bits per heavy atom. The number of piperazine rings is 1. The van der Waals surface area contributed by atoms with Crippen LogP contribution in [0.2, 0.25) is 0 Å². The number of benzene rings is 3. The number of nitrogens with zero attached hydrogens (tertiary/aromatic N) is 3. The van der Waals surface area contributed by atoms with E-state index in [2.05, 4.69) is 41.0 Å². The number of hydrogen-bond donors (Lipinski definition) is 1. The lowest BCUT2D eigenvalue weighted by atomic mass is 9.97. The molecule has 3 aromatic carbocycles. The average molecular weight is 460 g/mol. The van der Waals surface area contributed by atoms with Crippen molar-refractivity contribution in [2.45, 2.75) is 20.0 Å². The zero-order chi connectivity index (χ0) is 23.5. The topological polar surface area (TPSA) is 56.2 Å². The van der Waals surface area contributed by atoms with Gasteiger partial charge in [0.2, 0.25) is 0 Å². The zero-order valence-electron chi connectivity index (χ0n) is 19.9.